The van der Waals surface area contributed by atoms with E-state index in [9.17, 15) is 4.39 Å². The molecule has 1 aromatic rings. The molecule has 0 aromatic heterocycles. The molecule has 0 radical (unpaired) electrons. The van der Waals surface area contributed by atoms with Gasteiger partial charge in [-0.2, -0.15) is 0 Å². The summed E-state index contributed by atoms with van der Waals surface area (Å²) in [7, 11) is 0. The van der Waals surface area contributed by atoms with E-state index >= 15 is 0 Å². The van der Waals surface area contributed by atoms with Gasteiger partial charge < -0.3 is 10.2 Å². The van der Waals surface area contributed by atoms with Gasteiger partial charge >= 0.3 is 0 Å². The lowest BCUT2D eigenvalue weighted by Gasteiger charge is -2.29. The maximum absolute atomic E-state index is 14.0. The normalized spacial score (nSPS) is 16.0. The lowest BCUT2D eigenvalue weighted by molar-refractivity contribution is 0.558. The molecule has 0 spiro atoms. The first-order chi connectivity index (χ1) is 10.1. The van der Waals surface area contributed by atoms with Crippen molar-refractivity contribution in [3.63, 3.8) is 0 Å². The molecule has 1 aromatic carbocycles. The molecule has 1 unspecified atom stereocenters. The zero-order valence-corrected chi connectivity index (χ0v) is 13.9. The van der Waals surface area contributed by atoms with Gasteiger partial charge in [-0.3, -0.25) is 0 Å². The van der Waals surface area contributed by atoms with Crippen LogP contribution in [-0.4, -0.2) is 19.6 Å². The summed E-state index contributed by atoms with van der Waals surface area (Å²) in [5.74, 6) is 0.739. The Hall–Kier alpha value is -1.09. The van der Waals surface area contributed by atoms with Crippen molar-refractivity contribution in [2.45, 2.75) is 53.0 Å². The van der Waals surface area contributed by atoms with Crippen molar-refractivity contribution in [3.05, 3.63) is 29.1 Å². The van der Waals surface area contributed by atoms with Gasteiger partial charge in [-0.15, -0.1) is 0 Å². The average molecular weight is 292 g/mol. The Morgan fingerprint density at radius 1 is 1.33 bits per heavy atom. The quantitative estimate of drug-likeness (QED) is 0.762. The molecule has 2 rings (SSSR count). The van der Waals surface area contributed by atoms with Crippen molar-refractivity contribution in [2.75, 3.05) is 24.5 Å². The minimum Gasteiger partial charge on any atom is -0.371 e. The van der Waals surface area contributed by atoms with Gasteiger partial charge in [-0.1, -0.05) is 6.92 Å². The fourth-order valence-corrected chi connectivity index (χ4v) is 2.78. The van der Waals surface area contributed by atoms with Gasteiger partial charge in [0.25, 0.3) is 0 Å². The van der Waals surface area contributed by atoms with Crippen LogP contribution in [0.1, 0.15) is 57.2 Å². The van der Waals surface area contributed by atoms with Gasteiger partial charge in [-0.25, -0.2) is 4.39 Å². The molecule has 0 heterocycles. The number of benzene rings is 1. The average Bonchev–Trinajstić information content (AvgIpc) is 3.28. The predicted octanol–water partition coefficient (Wildman–Crippen LogP) is 4.43. The van der Waals surface area contributed by atoms with Crippen molar-refractivity contribution in [2.24, 2.45) is 5.92 Å². The van der Waals surface area contributed by atoms with Crippen LogP contribution in [0.2, 0.25) is 0 Å². The molecule has 1 atom stereocenters. The molecule has 3 heteroatoms. The van der Waals surface area contributed by atoms with E-state index in [1.165, 1.54) is 18.5 Å². The van der Waals surface area contributed by atoms with Crippen molar-refractivity contribution >= 4 is 5.69 Å². The summed E-state index contributed by atoms with van der Waals surface area (Å²) in [5, 5.41) is 3.49. The van der Waals surface area contributed by atoms with E-state index in [2.05, 4.69) is 31.0 Å². The standard InChI is InChI=1S/C18H29FN2/c1-5-9-20-14(4)16-11-17(19)13(3)10-18(16)21(6-2)12-15-7-8-15/h10-11,14-15,20H,5-9,12H2,1-4H3. The molecule has 0 amide bonds. The largest absolute Gasteiger partial charge is 0.371 e. The van der Waals surface area contributed by atoms with Crippen LogP contribution in [0.3, 0.4) is 0 Å². The highest BCUT2D eigenvalue weighted by atomic mass is 19.1. The van der Waals surface area contributed by atoms with Gasteiger partial charge in [0.15, 0.2) is 0 Å². The fourth-order valence-electron chi connectivity index (χ4n) is 2.78. The maximum Gasteiger partial charge on any atom is 0.126 e. The van der Waals surface area contributed by atoms with Gasteiger partial charge in [0.2, 0.25) is 0 Å². The van der Waals surface area contributed by atoms with Crippen LogP contribution in [0.15, 0.2) is 12.1 Å². The van der Waals surface area contributed by atoms with E-state index < -0.39 is 0 Å². The fraction of sp³-hybridized carbons (Fsp3) is 0.667. The van der Waals surface area contributed by atoms with E-state index in [0.29, 0.717) is 0 Å². The van der Waals surface area contributed by atoms with Gasteiger partial charge in [0, 0.05) is 24.8 Å². The third-order valence-corrected chi connectivity index (χ3v) is 4.37. The zero-order valence-electron chi connectivity index (χ0n) is 13.9. The number of hydrogen-bond acceptors (Lipinski definition) is 2. The van der Waals surface area contributed by atoms with Gasteiger partial charge in [0.1, 0.15) is 5.82 Å². The van der Waals surface area contributed by atoms with Crippen LogP contribution in [-0.2, 0) is 0 Å². The van der Waals surface area contributed by atoms with Crippen LogP contribution >= 0.6 is 0 Å². The highest BCUT2D eigenvalue weighted by Crippen LogP contribution is 2.35. The van der Waals surface area contributed by atoms with E-state index in [1.54, 1.807) is 6.07 Å². The minimum atomic E-state index is -0.0960. The van der Waals surface area contributed by atoms with Crippen LogP contribution in [0.25, 0.3) is 0 Å². The van der Waals surface area contributed by atoms with Crippen molar-refractivity contribution < 1.29 is 4.39 Å². The Morgan fingerprint density at radius 3 is 2.62 bits per heavy atom. The summed E-state index contributed by atoms with van der Waals surface area (Å²) in [5.41, 5.74) is 3.04. The van der Waals surface area contributed by atoms with Gasteiger partial charge in [-0.05, 0) is 75.8 Å². The zero-order chi connectivity index (χ0) is 15.4. The van der Waals surface area contributed by atoms with Gasteiger partial charge in [0.05, 0.1) is 0 Å². The Morgan fingerprint density at radius 2 is 2.05 bits per heavy atom. The molecular formula is C18H29FN2. The molecular weight excluding hydrogens is 263 g/mol. The monoisotopic (exact) mass is 292 g/mol. The highest BCUT2D eigenvalue weighted by molar-refractivity contribution is 5.57. The second-order valence-corrected chi connectivity index (χ2v) is 6.32. The van der Waals surface area contributed by atoms with Crippen molar-refractivity contribution in [1.82, 2.24) is 5.32 Å². The number of nitrogens with one attached hydrogen (secondary N) is 1. The number of rotatable bonds is 8. The second kappa shape index (κ2) is 7.26. The van der Waals surface area contributed by atoms with Crippen LogP contribution in [0.4, 0.5) is 10.1 Å². The topological polar surface area (TPSA) is 15.3 Å². The Labute approximate surface area is 128 Å². The van der Waals surface area contributed by atoms with E-state index in [-0.39, 0.29) is 11.9 Å². The van der Waals surface area contributed by atoms with Crippen LogP contribution in [0, 0.1) is 18.7 Å². The molecule has 0 bridgehead atoms. The molecule has 1 aliphatic carbocycles. The number of halogens is 1. The summed E-state index contributed by atoms with van der Waals surface area (Å²) >= 11 is 0. The first-order valence-corrected chi connectivity index (χ1v) is 8.35. The molecule has 0 aliphatic heterocycles. The number of anilines is 1. The summed E-state index contributed by atoms with van der Waals surface area (Å²) < 4.78 is 14.0. The summed E-state index contributed by atoms with van der Waals surface area (Å²) in [6.07, 6.45) is 3.78. The molecule has 2 nitrogen and oxygen atoms in total. The van der Waals surface area contributed by atoms with Crippen LogP contribution < -0.4 is 10.2 Å². The number of aryl methyl sites for hydroxylation is 1. The second-order valence-electron chi connectivity index (χ2n) is 6.32. The molecule has 118 valence electrons. The van der Waals surface area contributed by atoms with E-state index in [1.807, 2.05) is 13.0 Å². The smallest absolute Gasteiger partial charge is 0.126 e. The number of nitrogens with zero attached hydrogens (tertiary/aromatic N) is 1. The summed E-state index contributed by atoms with van der Waals surface area (Å²) in [6, 6.07) is 3.94. The Kier molecular flexibility index (Phi) is 5.63. The first kappa shape index (κ1) is 16.3. The molecule has 1 N–H and O–H groups in total. The SMILES string of the molecule is CCCNC(C)c1cc(F)c(C)cc1N(CC)CC1CC1. The third-order valence-electron chi connectivity index (χ3n) is 4.37. The molecule has 21 heavy (non-hydrogen) atoms. The first-order valence-electron chi connectivity index (χ1n) is 8.35. The Bertz CT molecular complexity index is 469. The van der Waals surface area contributed by atoms with E-state index in [4.69, 9.17) is 0 Å². The van der Waals surface area contributed by atoms with Crippen LogP contribution in [0.5, 0.6) is 0 Å². The lowest BCUT2D eigenvalue weighted by Crippen LogP contribution is -2.29. The number of hydrogen-bond donors (Lipinski definition) is 1. The minimum absolute atomic E-state index is 0.0960. The molecule has 0 saturated heterocycles. The third kappa shape index (κ3) is 4.19. The lowest BCUT2D eigenvalue weighted by atomic mass is 10.0. The summed E-state index contributed by atoms with van der Waals surface area (Å²) in [4.78, 5) is 2.42. The van der Waals surface area contributed by atoms with E-state index in [0.717, 1.165) is 43.1 Å². The summed E-state index contributed by atoms with van der Waals surface area (Å²) in [6.45, 7) is 11.4. The predicted molar refractivity (Wildman–Crippen MR) is 88.5 cm³/mol. The molecule has 1 saturated carbocycles. The maximum atomic E-state index is 14.0. The van der Waals surface area contributed by atoms with Crippen molar-refractivity contribution in [1.29, 1.82) is 0 Å². The van der Waals surface area contributed by atoms with Crippen molar-refractivity contribution in [3.8, 4) is 0 Å². The molecule has 1 fully saturated rings. The molecule has 1 aliphatic rings. The Balaban J connectivity index is 2.29. The highest BCUT2D eigenvalue weighted by Gasteiger charge is 2.26.